The number of carboxylic acids is 1. The van der Waals surface area contributed by atoms with Gasteiger partial charge >= 0.3 is 12.0 Å². The fraction of sp³-hybridized carbons (Fsp3) is 0.211. The van der Waals surface area contributed by atoms with Gasteiger partial charge in [-0.15, -0.1) is 6.58 Å². The summed E-state index contributed by atoms with van der Waals surface area (Å²) in [5.74, 6) is -1.11. The van der Waals surface area contributed by atoms with Crippen LogP contribution in [0.4, 0.5) is 4.79 Å². The van der Waals surface area contributed by atoms with Gasteiger partial charge in [0.15, 0.2) is 0 Å². The molecule has 0 aromatic heterocycles. The molecule has 252 valence electrons. The molecular formula is C38H39N5O6. The van der Waals surface area contributed by atoms with Crippen molar-refractivity contribution in [1.29, 1.82) is 0 Å². The summed E-state index contributed by atoms with van der Waals surface area (Å²) in [6.45, 7) is 6.61. The molecule has 0 aliphatic carbocycles. The van der Waals surface area contributed by atoms with Crippen molar-refractivity contribution >= 4 is 23.8 Å². The Bertz CT molecular complexity index is 1790. The Morgan fingerprint density at radius 1 is 0.857 bits per heavy atom. The van der Waals surface area contributed by atoms with Crippen LogP contribution in [-0.2, 0) is 22.7 Å². The normalized spacial score (nSPS) is 15.9. The van der Waals surface area contributed by atoms with Crippen LogP contribution in [0.25, 0.3) is 11.1 Å². The first-order valence-corrected chi connectivity index (χ1v) is 15.8. The number of aromatic carboxylic acids is 1. The number of carbonyl (C=O) groups excluding carboxylic acids is 3. The van der Waals surface area contributed by atoms with Crippen LogP contribution >= 0.6 is 0 Å². The summed E-state index contributed by atoms with van der Waals surface area (Å²) in [6.07, 6.45) is 0.955. The predicted octanol–water partition coefficient (Wildman–Crippen LogP) is 4.88. The average Bonchev–Trinajstić information content (AvgIpc) is 3.10. The first-order valence-electron chi connectivity index (χ1n) is 15.8. The van der Waals surface area contributed by atoms with E-state index in [0.717, 1.165) is 22.3 Å². The number of nitrogens with one attached hydrogen (secondary N) is 1. The predicted molar refractivity (Wildman–Crippen MR) is 185 cm³/mol. The number of amides is 4. The van der Waals surface area contributed by atoms with Crippen LogP contribution in [0.1, 0.15) is 27.0 Å². The van der Waals surface area contributed by atoms with Crippen LogP contribution in [0.5, 0.6) is 5.75 Å². The van der Waals surface area contributed by atoms with Gasteiger partial charge in [0.2, 0.25) is 11.8 Å². The summed E-state index contributed by atoms with van der Waals surface area (Å²) < 4.78 is 0. The molecule has 1 unspecified atom stereocenters. The fourth-order valence-electron chi connectivity index (χ4n) is 5.74. The summed E-state index contributed by atoms with van der Waals surface area (Å²) in [7, 11) is 0. The number of urea groups is 1. The third-order valence-corrected chi connectivity index (χ3v) is 8.24. The van der Waals surface area contributed by atoms with E-state index in [2.05, 4.69) is 11.9 Å². The molecule has 0 spiro atoms. The monoisotopic (exact) mass is 661 g/mol. The molecule has 0 radical (unpaired) electrons. The molecular weight excluding hydrogens is 622 g/mol. The van der Waals surface area contributed by atoms with Crippen LogP contribution in [-0.4, -0.2) is 86.2 Å². The highest BCUT2D eigenvalue weighted by molar-refractivity contribution is 5.90. The molecule has 2 saturated heterocycles. The van der Waals surface area contributed by atoms with Crippen molar-refractivity contribution in [2.75, 3.05) is 26.2 Å². The Labute approximate surface area is 285 Å². The number of hydrogen-bond donors (Lipinski definition) is 3. The maximum Gasteiger partial charge on any atom is 0.335 e. The lowest BCUT2D eigenvalue weighted by Crippen LogP contribution is -2.73. The van der Waals surface area contributed by atoms with Crippen LogP contribution in [0.2, 0.25) is 0 Å². The second kappa shape index (κ2) is 15.8. The lowest BCUT2D eigenvalue weighted by molar-refractivity contribution is -0.180. The smallest absolute Gasteiger partial charge is 0.335 e. The molecule has 4 amide bonds. The number of phenolic OH excluding ortho intramolecular Hbond substituents is 1. The summed E-state index contributed by atoms with van der Waals surface area (Å²) in [5.41, 5.74) is 4.72. The number of hydrazine groups is 1. The SMILES string of the molecule is C=CCN1CC(=O)N2CC(=O)N(Cc3cccc(-c4cccc(C(=O)O)c4)c3)CC2N1C(=O)NCc1ccccc1.Cc1ccc(O)cc1. The molecule has 4 aromatic carbocycles. The van der Waals surface area contributed by atoms with E-state index in [1.165, 1.54) is 21.5 Å². The largest absolute Gasteiger partial charge is 0.508 e. The maximum absolute atomic E-state index is 13.5. The Balaban J connectivity index is 0.000000514. The number of aromatic hydroxyl groups is 1. The van der Waals surface area contributed by atoms with Crippen molar-refractivity contribution in [2.45, 2.75) is 26.2 Å². The number of phenols is 1. The first-order chi connectivity index (χ1) is 23.6. The van der Waals surface area contributed by atoms with Gasteiger partial charge in [-0.2, -0.15) is 0 Å². The number of piperazine rings is 1. The standard InChI is InChI=1S/C31H31N5O5.C7H8O/c1-2-14-34-20-29(38)35-21-28(37)33(19-27(35)36(34)31(41)32-17-22-8-4-3-5-9-22)18-23-10-6-11-24(15-23)25-12-7-13-26(16-25)30(39)40;1-6-2-4-7(8)5-3-6/h2-13,15-16,27H,1,14,17-21H2,(H,32,41)(H,39,40);2-5,8H,1H3. The van der Waals surface area contributed by atoms with Gasteiger partial charge in [-0.1, -0.05) is 84.4 Å². The number of carbonyl (C=O) groups is 4. The van der Waals surface area contributed by atoms with Gasteiger partial charge in [-0.05, 0) is 59.5 Å². The zero-order valence-electron chi connectivity index (χ0n) is 27.2. The van der Waals surface area contributed by atoms with Crippen LogP contribution in [0.3, 0.4) is 0 Å². The number of benzene rings is 4. The molecule has 1 atom stereocenters. The Morgan fingerprint density at radius 2 is 1.53 bits per heavy atom. The average molecular weight is 662 g/mol. The lowest BCUT2D eigenvalue weighted by atomic mass is 10.0. The molecule has 0 saturated carbocycles. The summed E-state index contributed by atoms with van der Waals surface area (Å²) in [5, 5.41) is 24.2. The van der Waals surface area contributed by atoms with E-state index in [4.69, 9.17) is 5.11 Å². The van der Waals surface area contributed by atoms with E-state index in [9.17, 15) is 24.3 Å². The van der Waals surface area contributed by atoms with Crippen molar-refractivity contribution in [3.8, 4) is 16.9 Å². The zero-order chi connectivity index (χ0) is 34.9. The summed E-state index contributed by atoms with van der Waals surface area (Å²) >= 11 is 0. The Kier molecular flexibility index (Phi) is 11.1. The molecule has 6 rings (SSSR count). The quantitative estimate of drug-likeness (QED) is 0.229. The lowest BCUT2D eigenvalue weighted by Gasteiger charge is -2.52. The molecule has 4 aromatic rings. The Hall–Kier alpha value is -5.94. The second-order valence-electron chi connectivity index (χ2n) is 11.8. The van der Waals surface area contributed by atoms with E-state index < -0.39 is 12.1 Å². The van der Waals surface area contributed by atoms with E-state index in [1.54, 1.807) is 40.3 Å². The highest BCUT2D eigenvalue weighted by Gasteiger charge is 2.46. The van der Waals surface area contributed by atoms with Crippen molar-refractivity contribution in [1.82, 2.24) is 25.1 Å². The number of aryl methyl sites for hydroxylation is 1. The molecule has 11 heteroatoms. The topological polar surface area (TPSA) is 134 Å². The molecule has 3 N–H and O–H groups in total. The minimum Gasteiger partial charge on any atom is -0.508 e. The van der Waals surface area contributed by atoms with Crippen LogP contribution < -0.4 is 5.32 Å². The third kappa shape index (κ3) is 8.70. The fourth-order valence-corrected chi connectivity index (χ4v) is 5.74. The molecule has 0 bridgehead atoms. The van der Waals surface area contributed by atoms with Crippen LogP contribution in [0, 0.1) is 6.92 Å². The van der Waals surface area contributed by atoms with E-state index in [-0.39, 0.29) is 49.6 Å². The minimum atomic E-state index is -1.00. The highest BCUT2D eigenvalue weighted by Crippen LogP contribution is 2.26. The number of fused-ring (bicyclic) bond motifs is 1. The number of nitrogens with zero attached hydrogens (tertiary/aromatic N) is 4. The molecule has 2 aliphatic rings. The third-order valence-electron chi connectivity index (χ3n) is 8.24. The van der Waals surface area contributed by atoms with Crippen molar-refractivity contribution in [3.05, 3.63) is 138 Å². The van der Waals surface area contributed by atoms with E-state index in [1.807, 2.05) is 79.7 Å². The van der Waals surface area contributed by atoms with Gasteiger partial charge in [0, 0.05) is 19.6 Å². The van der Waals surface area contributed by atoms with E-state index in [0.29, 0.717) is 18.8 Å². The second-order valence-corrected chi connectivity index (χ2v) is 11.8. The number of rotatable bonds is 8. The van der Waals surface area contributed by atoms with Crippen molar-refractivity contribution < 1.29 is 29.4 Å². The molecule has 2 fully saturated rings. The Morgan fingerprint density at radius 3 is 2.20 bits per heavy atom. The van der Waals surface area contributed by atoms with Gasteiger partial charge in [0.05, 0.1) is 18.7 Å². The van der Waals surface area contributed by atoms with Crippen LogP contribution in [0.15, 0.2) is 116 Å². The van der Waals surface area contributed by atoms with Crippen molar-refractivity contribution in [2.24, 2.45) is 0 Å². The summed E-state index contributed by atoms with van der Waals surface area (Å²) in [4.78, 5) is 54.3. The van der Waals surface area contributed by atoms with Gasteiger partial charge in [0.1, 0.15) is 18.5 Å². The number of carboxylic acid groups (broad SMARTS) is 1. The van der Waals surface area contributed by atoms with E-state index >= 15 is 0 Å². The molecule has 11 nitrogen and oxygen atoms in total. The van der Waals surface area contributed by atoms with Crippen molar-refractivity contribution in [3.63, 3.8) is 0 Å². The summed E-state index contributed by atoms with van der Waals surface area (Å²) in [6, 6.07) is 30.5. The van der Waals surface area contributed by atoms with Gasteiger partial charge < -0.3 is 25.3 Å². The van der Waals surface area contributed by atoms with Gasteiger partial charge in [-0.3, -0.25) is 9.59 Å². The zero-order valence-corrected chi connectivity index (χ0v) is 27.2. The maximum atomic E-state index is 13.5. The molecule has 2 heterocycles. The van der Waals surface area contributed by atoms with Gasteiger partial charge in [-0.25, -0.2) is 19.6 Å². The molecule has 2 aliphatic heterocycles. The van der Waals surface area contributed by atoms with Gasteiger partial charge in [0.25, 0.3) is 0 Å². The molecule has 49 heavy (non-hydrogen) atoms. The number of hydrogen-bond acceptors (Lipinski definition) is 6. The minimum absolute atomic E-state index is 0.0357. The first kappa shape index (κ1) is 34.4. The highest BCUT2D eigenvalue weighted by atomic mass is 16.4.